The fourth-order valence-corrected chi connectivity index (χ4v) is 2.60. The van der Waals surface area contributed by atoms with Gasteiger partial charge in [-0.15, -0.1) is 0 Å². The average molecular weight is 363 g/mol. The fraction of sp³-hybridized carbons (Fsp3) is 0.190. The van der Waals surface area contributed by atoms with Gasteiger partial charge < -0.3 is 10.1 Å². The first-order valence-corrected chi connectivity index (χ1v) is 8.60. The molecule has 0 aliphatic heterocycles. The molecule has 0 fully saturated rings. The molecule has 0 aliphatic rings. The zero-order valence-corrected chi connectivity index (χ0v) is 15.3. The largest absolute Gasteiger partial charge is 0.497 e. The number of methoxy groups -OCH3 is 1. The van der Waals surface area contributed by atoms with Crippen LogP contribution in [0.25, 0.3) is 11.3 Å². The molecule has 0 bridgehead atoms. The van der Waals surface area contributed by atoms with E-state index >= 15 is 0 Å². The van der Waals surface area contributed by atoms with Gasteiger partial charge in [-0.3, -0.25) is 9.59 Å². The Morgan fingerprint density at radius 3 is 2.63 bits per heavy atom. The maximum atomic E-state index is 12.2. The normalized spacial score (nSPS) is 10.4. The standard InChI is InChI=1S/C21H21N3O3/c1-15-6-8-16(9-7-15)13-22-20(25)14-24-21(26)11-10-19(23-24)17-4-3-5-18(12-17)27-2/h3-12H,13-14H2,1-2H3,(H,22,25). The Labute approximate surface area is 157 Å². The summed E-state index contributed by atoms with van der Waals surface area (Å²) >= 11 is 0. The van der Waals surface area contributed by atoms with Gasteiger partial charge in [0.1, 0.15) is 12.3 Å². The van der Waals surface area contributed by atoms with Gasteiger partial charge in [-0.1, -0.05) is 42.0 Å². The molecule has 0 unspecified atom stereocenters. The highest BCUT2D eigenvalue weighted by Gasteiger charge is 2.08. The Hall–Kier alpha value is -3.41. The number of amides is 1. The van der Waals surface area contributed by atoms with Crippen LogP contribution >= 0.6 is 0 Å². The predicted molar refractivity (Wildman–Crippen MR) is 104 cm³/mol. The van der Waals surface area contributed by atoms with Crippen molar-refractivity contribution in [1.29, 1.82) is 0 Å². The van der Waals surface area contributed by atoms with Crippen LogP contribution in [0.5, 0.6) is 5.75 Å². The monoisotopic (exact) mass is 363 g/mol. The quantitative estimate of drug-likeness (QED) is 0.730. The average Bonchev–Trinajstić information content (AvgIpc) is 2.69. The lowest BCUT2D eigenvalue weighted by Crippen LogP contribution is -2.33. The Kier molecular flexibility index (Phi) is 5.66. The molecule has 27 heavy (non-hydrogen) atoms. The van der Waals surface area contributed by atoms with E-state index in [0.29, 0.717) is 18.0 Å². The molecule has 0 radical (unpaired) electrons. The summed E-state index contributed by atoms with van der Waals surface area (Å²) in [5, 5.41) is 7.13. The van der Waals surface area contributed by atoms with Crippen LogP contribution in [0.1, 0.15) is 11.1 Å². The molecule has 0 saturated heterocycles. The first-order valence-electron chi connectivity index (χ1n) is 8.60. The van der Waals surface area contributed by atoms with Crippen molar-refractivity contribution in [2.75, 3.05) is 7.11 Å². The molecule has 6 heteroatoms. The summed E-state index contributed by atoms with van der Waals surface area (Å²) in [6.07, 6.45) is 0. The second kappa shape index (κ2) is 8.31. The molecule has 1 aromatic heterocycles. The molecule has 0 saturated carbocycles. The summed E-state index contributed by atoms with van der Waals surface area (Å²) in [5.41, 5.74) is 3.24. The van der Waals surface area contributed by atoms with Crippen molar-refractivity contribution in [3.8, 4) is 17.0 Å². The zero-order valence-electron chi connectivity index (χ0n) is 15.3. The molecule has 6 nitrogen and oxygen atoms in total. The van der Waals surface area contributed by atoms with E-state index < -0.39 is 0 Å². The maximum Gasteiger partial charge on any atom is 0.267 e. The van der Waals surface area contributed by atoms with Crippen molar-refractivity contribution in [2.45, 2.75) is 20.0 Å². The number of hydrogen-bond donors (Lipinski definition) is 1. The minimum atomic E-state index is -0.327. The van der Waals surface area contributed by atoms with E-state index in [2.05, 4.69) is 10.4 Å². The molecule has 1 N–H and O–H groups in total. The summed E-state index contributed by atoms with van der Waals surface area (Å²) < 4.78 is 6.38. The van der Waals surface area contributed by atoms with Crippen molar-refractivity contribution >= 4 is 5.91 Å². The van der Waals surface area contributed by atoms with Crippen LogP contribution in [0.3, 0.4) is 0 Å². The molecule has 1 amide bonds. The van der Waals surface area contributed by atoms with Gasteiger partial charge in [0.15, 0.2) is 0 Å². The number of carbonyl (C=O) groups excluding carboxylic acids is 1. The lowest BCUT2D eigenvalue weighted by Gasteiger charge is -2.09. The van der Waals surface area contributed by atoms with Crippen LogP contribution in [0.2, 0.25) is 0 Å². The topological polar surface area (TPSA) is 73.2 Å². The summed E-state index contributed by atoms with van der Waals surface area (Å²) in [6, 6.07) is 18.3. The lowest BCUT2D eigenvalue weighted by molar-refractivity contribution is -0.122. The van der Waals surface area contributed by atoms with Crippen LogP contribution in [0.15, 0.2) is 65.5 Å². The van der Waals surface area contributed by atoms with Crippen LogP contribution in [0.4, 0.5) is 0 Å². The smallest absolute Gasteiger partial charge is 0.267 e. The third-order valence-corrected chi connectivity index (χ3v) is 4.14. The number of aromatic nitrogens is 2. The third kappa shape index (κ3) is 4.82. The highest BCUT2D eigenvalue weighted by molar-refractivity contribution is 5.75. The molecule has 1 heterocycles. The number of benzene rings is 2. The van der Waals surface area contributed by atoms with Crippen LogP contribution in [-0.4, -0.2) is 22.8 Å². The number of nitrogens with one attached hydrogen (secondary N) is 1. The molecule has 2 aromatic carbocycles. The Morgan fingerprint density at radius 1 is 1.11 bits per heavy atom. The van der Waals surface area contributed by atoms with Crippen molar-refractivity contribution in [3.05, 3.63) is 82.1 Å². The summed E-state index contributed by atoms with van der Waals surface area (Å²) in [5.74, 6) is 0.427. The first kappa shape index (κ1) is 18.4. The molecule has 3 rings (SSSR count). The summed E-state index contributed by atoms with van der Waals surface area (Å²) in [4.78, 5) is 24.3. The second-order valence-corrected chi connectivity index (χ2v) is 6.21. The minimum Gasteiger partial charge on any atom is -0.497 e. The fourth-order valence-electron chi connectivity index (χ4n) is 2.60. The minimum absolute atomic E-state index is 0.136. The molecule has 0 spiro atoms. The van der Waals surface area contributed by atoms with Crippen molar-refractivity contribution in [3.63, 3.8) is 0 Å². The Bertz CT molecular complexity index is 994. The number of ether oxygens (including phenoxy) is 1. The van der Waals surface area contributed by atoms with Gasteiger partial charge in [-0.25, -0.2) is 4.68 Å². The molecule has 0 aliphatic carbocycles. The molecular formula is C21H21N3O3. The number of aryl methyl sites for hydroxylation is 1. The maximum absolute atomic E-state index is 12.2. The van der Waals surface area contributed by atoms with Gasteiger partial charge in [0.05, 0.1) is 12.8 Å². The third-order valence-electron chi connectivity index (χ3n) is 4.14. The van der Waals surface area contributed by atoms with Crippen LogP contribution < -0.4 is 15.6 Å². The van der Waals surface area contributed by atoms with E-state index in [1.165, 1.54) is 10.7 Å². The SMILES string of the molecule is COc1cccc(-c2ccc(=O)n(CC(=O)NCc3ccc(C)cc3)n2)c1. The zero-order chi connectivity index (χ0) is 19.2. The van der Waals surface area contributed by atoms with Gasteiger partial charge in [0.2, 0.25) is 5.91 Å². The van der Waals surface area contributed by atoms with E-state index in [0.717, 1.165) is 16.7 Å². The summed E-state index contributed by atoms with van der Waals surface area (Å²) in [6.45, 7) is 2.28. The summed E-state index contributed by atoms with van der Waals surface area (Å²) in [7, 11) is 1.59. The van der Waals surface area contributed by atoms with Crippen LogP contribution in [-0.2, 0) is 17.9 Å². The van der Waals surface area contributed by atoms with Crippen molar-refractivity contribution < 1.29 is 9.53 Å². The van der Waals surface area contributed by atoms with Crippen LogP contribution in [0, 0.1) is 6.92 Å². The number of rotatable bonds is 6. The van der Waals surface area contributed by atoms with E-state index in [9.17, 15) is 9.59 Å². The van der Waals surface area contributed by atoms with Crippen molar-refractivity contribution in [1.82, 2.24) is 15.1 Å². The van der Waals surface area contributed by atoms with Gasteiger partial charge in [0.25, 0.3) is 5.56 Å². The molecular weight excluding hydrogens is 342 g/mol. The highest BCUT2D eigenvalue weighted by Crippen LogP contribution is 2.21. The Morgan fingerprint density at radius 2 is 1.89 bits per heavy atom. The number of carbonyl (C=O) groups is 1. The predicted octanol–water partition coefficient (Wildman–Crippen LogP) is 2.54. The molecule has 3 aromatic rings. The van der Waals surface area contributed by atoms with Gasteiger partial charge in [-0.05, 0) is 30.7 Å². The van der Waals surface area contributed by atoms with Crippen molar-refractivity contribution in [2.24, 2.45) is 0 Å². The second-order valence-electron chi connectivity index (χ2n) is 6.21. The molecule has 0 atom stereocenters. The van der Waals surface area contributed by atoms with E-state index in [4.69, 9.17) is 4.74 Å². The highest BCUT2D eigenvalue weighted by atomic mass is 16.5. The van der Waals surface area contributed by atoms with E-state index in [-0.39, 0.29) is 18.0 Å². The molecule has 138 valence electrons. The van der Waals surface area contributed by atoms with E-state index in [1.807, 2.05) is 55.5 Å². The number of nitrogens with zero attached hydrogens (tertiary/aromatic N) is 2. The van der Waals surface area contributed by atoms with E-state index in [1.54, 1.807) is 13.2 Å². The lowest BCUT2D eigenvalue weighted by atomic mass is 10.1. The van der Waals surface area contributed by atoms with Gasteiger partial charge in [-0.2, -0.15) is 5.10 Å². The number of hydrogen-bond acceptors (Lipinski definition) is 4. The van der Waals surface area contributed by atoms with Gasteiger partial charge in [0, 0.05) is 18.2 Å². The first-order chi connectivity index (χ1) is 13.0. The Balaban J connectivity index is 1.71. The van der Waals surface area contributed by atoms with Gasteiger partial charge >= 0.3 is 0 Å².